The molecule has 0 aliphatic heterocycles. The summed E-state index contributed by atoms with van der Waals surface area (Å²) in [6.45, 7) is 9.94. The number of amides is 5. The maximum atomic E-state index is 12.6. The summed E-state index contributed by atoms with van der Waals surface area (Å²) in [6.07, 6.45) is 2.82. The first-order chi connectivity index (χ1) is 26.9. The molecule has 0 aromatic rings. The number of rotatable bonds is 28. The molecule has 0 radical (unpaired) electrons. The molecule has 0 saturated carbocycles. The van der Waals surface area contributed by atoms with Gasteiger partial charge in [-0.3, -0.25) is 28.8 Å². The van der Waals surface area contributed by atoms with E-state index in [9.17, 15) is 47.9 Å². The lowest BCUT2D eigenvalue weighted by Crippen LogP contribution is -2.55. The van der Waals surface area contributed by atoms with Crippen molar-refractivity contribution in [1.82, 2.24) is 26.6 Å². The van der Waals surface area contributed by atoms with E-state index in [2.05, 4.69) is 44.5 Å². The molecular formula is C36H58N6O15. The van der Waals surface area contributed by atoms with Gasteiger partial charge in [0.05, 0.1) is 39.8 Å². The van der Waals surface area contributed by atoms with E-state index in [-0.39, 0.29) is 76.6 Å². The molecule has 0 bridgehead atoms. The number of ether oxygens (including phenoxy) is 5. The molecule has 21 heteroatoms. The molecule has 0 aliphatic carbocycles. The zero-order valence-electron chi connectivity index (χ0n) is 33.4. The number of hydrogen-bond acceptors (Lipinski definition) is 16. The minimum atomic E-state index is -1.18. The summed E-state index contributed by atoms with van der Waals surface area (Å²) in [5.41, 5.74) is 5.20. The Morgan fingerprint density at radius 2 is 1.05 bits per heavy atom. The minimum absolute atomic E-state index is 0.0127. The lowest BCUT2D eigenvalue weighted by Gasteiger charge is -2.22. The monoisotopic (exact) mass is 814 g/mol. The minimum Gasteiger partial charge on any atom is -0.469 e. The average molecular weight is 815 g/mol. The second-order valence-electron chi connectivity index (χ2n) is 12.2. The standard InChI is InChI=1S/C21H33N3O9.C15H25N3O6/c1-6-9-33-21(30)15(8-7-14(3)25)24-20(29)16(12-31-4)23-17(26)11-22-19(28)13(2)10-18(27)32-5;1-4-7-24-15(22)11(6-5-10(2)19)18-14(21)12(9-23-3)17-13(20)8-16/h6,13,15-16H,1,7-12H2,2-5H3,(H,22,28)(H,23,26)(H,24,29);4,11-12H,1,5-9,16H2,2-3H3,(H,17,20)(H,18,21). The predicted octanol–water partition coefficient (Wildman–Crippen LogP) is -2.32. The van der Waals surface area contributed by atoms with Crippen LogP contribution in [0.5, 0.6) is 0 Å². The van der Waals surface area contributed by atoms with Crippen molar-refractivity contribution in [1.29, 1.82) is 0 Å². The largest absolute Gasteiger partial charge is 0.469 e. The molecule has 7 N–H and O–H groups in total. The van der Waals surface area contributed by atoms with E-state index >= 15 is 0 Å². The van der Waals surface area contributed by atoms with Crippen molar-refractivity contribution < 1.29 is 71.6 Å². The molecule has 5 unspecified atom stereocenters. The van der Waals surface area contributed by atoms with Crippen LogP contribution in [0.4, 0.5) is 0 Å². The van der Waals surface area contributed by atoms with Crippen LogP contribution in [0, 0.1) is 5.92 Å². The molecule has 5 atom stereocenters. The fraction of sp³-hybridized carbons (Fsp3) is 0.611. The molecule has 0 aliphatic rings. The summed E-state index contributed by atoms with van der Waals surface area (Å²) in [4.78, 5) is 118. The van der Waals surface area contributed by atoms with Gasteiger partial charge in [0.1, 0.15) is 48.9 Å². The van der Waals surface area contributed by atoms with Crippen LogP contribution < -0.4 is 32.3 Å². The fourth-order valence-electron chi connectivity index (χ4n) is 4.19. The summed E-state index contributed by atoms with van der Waals surface area (Å²) < 4.78 is 24.2. The van der Waals surface area contributed by atoms with Crippen LogP contribution in [0.1, 0.15) is 52.9 Å². The third-order valence-electron chi connectivity index (χ3n) is 7.19. The Kier molecular flexibility index (Phi) is 29.7. The fourth-order valence-corrected chi connectivity index (χ4v) is 4.19. The molecule has 322 valence electrons. The summed E-state index contributed by atoms with van der Waals surface area (Å²) in [5.74, 6) is -6.18. The molecule has 21 nitrogen and oxygen atoms in total. The van der Waals surface area contributed by atoms with E-state index in [0.717, 1.165) is 0 Å². The van der Waals surface area contributed by atoms with Crippen LogP contribution in [0.3, 0.4) is 0 Å². The number of carbonyl (C=O) groups is 10. The van der Waals surface area contributed by atoms with E-state index < -0.39 is 84.1 Å². The Balaban J connectivity index is 0. The van der Waals surface area contributed by atoms with Crippen molar-refractivity contribution in [3.8, 4) is 0 Å². The van der Waals surface area contributed by atoms with Crippen LogP contribution in [0.25, 0.3) is 0 Å². The van der Waals surface area contributed by atoms with Gasteiger partial charge in [-0.1, -0.05) is 32.2 Å². The van der Waals surface area contributed by atoms with Gasteiger partial charge in [0, 0.05) is 33.0 Å². The third-order valence-corrected chi connectivity index (χ3v) is 7.19. The first kappa shape index (κ1) is 53.6. The first-order valence-corrected chi connectivity index (χ1v) is 17.7. The molecular weight excluding hydrogens is 756 g/mol. The van der Waals surface area contributed by atoms with Crippen LogP contribution in [0.15, 0.2) is 25.3 Å². The molecule has 0 rings (SSSR count). The molecule has 0 heterocycles. The van der Waals surface area contributed by atoms with Crippen molar-refractivity contribution in [2.75, 3.05) is 60.8 Å². The number of esters is 3. The van der Waals surface area contributed by atoms with Crippen molar-refractivity contribution in [2.24, 2.45) is 11.7 Å². The normalized spacial score (nSPS) is 12.8. The summed E-state index contributed by atoms with van der Waals surface area (Å²) in [5, 5.41) is 12.1. The average Bonchev–Trinajstić information content (AvgIpc) is 3.17. The Bertz CT molecular complexity index is 1390. The second-order valence-corrected chi connectivity index (χ2v) is 12.2. The predicted molar refractivity (Wildman–Crippen MR) is 201 cm³/mol. The van der Waals surface area contributed by atoms with Crippen LogP contribution in [-0.2, 0) is 71.6 Å². The molecule has 5 amide bonds. The molecule has 57 heavy (non-hydrogen) atoms. The number of Topliss-reactive ketones (excluding diaryl/α,β-unsaturated/α-hetero) is 2. The van der Waals surface area contributed by atoms with Gasteiger partial charge in [0.2, 0.25) is 29.5 Å². The highest BCUT2D eigenvalue weighted by Crippen LogP contribution is 2.05. The number of hydrogen-bond donors (Lipinski definition) is 6. The molecule has 0 spiro atoms. The van der Waals surface area contributed by atoms with Gasteiger partial charge in [0.25, 0.3) is 0 Å². The van der Waals surface area contributed by atoms with Gasteiger partial charge in [-0.05, 0) is 26.7 Å². The lowest BCUT2D eigenvalue weighted by atomic mass is 10.1. The van der Waals surface area contributed by atoms with Gasteiger partial charge < -0.3 is 65.6 Å². The molecule has 0 aromatic heterocycles. The highest BCUT2D eigenvalue weighted by Gasteiger charge is 2.29. The highest BCUT2D eigenvalue weighted by molar-refractivity contribution is 5.93. The SMILES string of the molecule is C=CCOC(=O)C(CCC(C)=O)NC(=O)C(COC)NC(=O)CN.C=CCOC(=O)C(CCC(C)=O)NC(=O)C(COC)NC(=O)CNC(=O)C(C)CC(=O)OC. The Hall–Kier alpha value is -5.54. The lowest BCUT2D eigenvalue weighted by molar-refractivity contribution is -0.148. The number of ketones is 2. The van der Waals surface area contributed by atoms with Gasteiger partial charge in [0.15, 0.2) is 0 Å². The van der Waals surface area contributed by atoms with Gasteiger partial charge in [-0.25, -0.2) is 9.59 Å². The van der Waals surface area contributed by atoms with E-state index in [1.807, 2.05) is 0 Å². The zero-order valence-corrected chi connectivity index (χ0v) is 33.4. The van der Waals surface area contributed by atoms with E-state index in [4.69, 9.17) is 24.7 Å². The van der Waals surface area contributed by atoms with Crippen molar-refractivity contribution in [3.63, 3.8) is 0 Å². The first-order valence-electron chi connectivity index (χ1n) is 17.7. The van der Waals surface area contributed by atoms with E-state index in [1.165, 1.54) is 54.3 Å². The van der Waals surface area contributed by atoms with Crippen molar-refractivity contribution in [2.45, 2.75) is 77.0 Å². The number of nitrogens with two attached hydrogens (primary N) is 1. The Labute approximate surface area is 331 Å². The Morgan fingerprint density at radius 3 is 1.40 bits per heavy atom. The van der Waals surface area contributed by atoms with Gasteiger partial charge >= 0.3 is 17.9 Å². The van der Waals surface area contributed by atoms with Crippen molar-refractivity contribution in [3.05, 3.63) is 25.3 Å². The van der Waals surface area contributed by atoms with Crippen LogP contribution in [0.2, 0.25) is 0 Å². The van der Waals surface area contributed by atoms with E-state index in [0.29, 0.717) is 0 Å². The zero-order chi connectivity index (χ0) is 43.9. The van der Waals surface area contributed by atoms with Gasteiger partial charge in [-0.15, -0.1) is 0 Å². The number of nitrogens with one attached hydrogen (secondary N) is 5. The summed E-state index contributed by atoms with van der Waals surface area (Å²) >= 11 is 0. The third kappa shape index (κ3) is 26.0. The summed E-state index contributed by atoms with van der Waals surface area (Å²) in [7, 11) is 3.87. The maximum Gasteiger partial charge on any atom is 0.328 e. The number of methoxy groups -OCH3 is 3. The van der Waals surface area contributed by atoms with E-state index in [1.54, 1.807) is 0 Å². The quantitative estimate of drug-likeness (QED) is 0.0274. The smallest absolute Gasteiger partial charge is 0.328 e. The maximum absolute atomic E-state index is 12.6. The van der Waals surface area contributed by atoms with Crippen molar-refractivity contribution >= 4 is 59.0 Å². The summed E-state index contributed by atoms with van der Waals surface area (Å²) in [6, 6.07) is -4.33. The topological polar surface area (TPSA) is 303 Å². The molecule has 0 fully saturated rings. The van der Waals surface area contributed by atoms with Crippen LogP contribution >= 0.6 is 0 Å². The van der Waals surface area contributed by atoms with Crippen LogP contribution in [-0.4, -0.2) is 144 Å². The Morgan fingerprint density at radius 1 is 0.632 bits per heavy atom. The van der Waals surface area contributed by atoms with Gasteiger partial charge in [-0.2, -0.15) is 0 Å². The highest BCUT2D eigenvalue weighted by atomic mass is 16.5. The number of carbonyl (C=O) groups excluding carboxylic acids is 10. The second kappa shape index (κ2) is 31.6. The molecule has 0 aromatic carbocycles. The molecule has 0 saturated heterocycles.